The zero-order valence-corrected chi connectivity index (χ0v) is 13.5. The number of carboxylic acids is 1. The van der Waals surface area contributed by atoms with Crippen LogP contribution in [0.1, 0.15) is 20.7 Å². The van der Waals surface area contributed by atoms with E-state index in [0.717, 1.165) is 22.7 Å². The molecule has 21 heavy (non-hydrogen) atoms. The zero-order chi connectivity index (χ0) is 15.6. The number of carboxylic acid groups (broad SMARTS) is 1. The van der Waals surface area contributed by atoms with Crippen LogP contribution in [0.15, 0.2) is 45.3 Å². The quantitative estimate of drug-likeness (QED) is 0.783. The third kappa shape index (κ3) is 3.68. The van der Waals surface area contributed by atoms with Crippen LogP contribution in [0.25, 0.3) is 0 Å². The van der Waals surface area contributed by atoms with Gasteiger partial charge in [-0.15, -0.1) is 0 Å². The highest BCUT2D eigenvalue weighted by molar-refractivity contribution is 9.11. The van der Waals surface area contributed by atoms with Gasteiger partial charge in [0.2, 0.25) is 0 Å². The van der Waals surface area contributed by atoms with E-state index < -0.39 is 17.7 Å². The molecule has 0 aliphatic heterocycles. The fourth-order valence-electron chi connectivity index (χ4n) is 1.67. The summed E-state index contributed by atoms with van der Waals surface area (Å²) in [7, 11) is 0. The van der Waals surface area contributed by atoms with E-state index in [0.29, 0.717) is 10.0 Å². The molecule has 7 heteroatoms. The molecule has 0 bridgehead atoms. The second-order valence-electron chi connectivity index (χ2n) is 4.07. The average molecular weight is 417 g/mol. The lowest BCUT2D eigenvalue weighted by atomic mass is 10.1. The van der Waals surface area contributed by atoms with Gasteiger partial charge in [-0.25, -0.2) is 9.18 Å². The van der Waals surface area contributed by atoms with Crippen molar-refractivity contribution in [2.45, 2.75) is 0 Å². The summed E-state index contributed by atoms with van der Waals surface area (Å²) >= 11 is 6.51. The van der Waals surface area contributed by atoms with Crippen molar-refractivity contribution in [3.63, 3.8) is 0 Å². The van der Waals surface area contributed by atoms with E-state index in [1.807, 2.05) is 0 Å². The van der Waals surface area contributed by atoms with Gasteiger partial charge in [0.05, 0.1) is 16.8 Å². The van der Waals surface area contributed by atoms with Crippen molar-refractivity contribution in [2.75, 3.05) is 5.32 Å². The van der Waals surface area contributed by atoms with Crippen LogP contribution in [0.2, 0.25) is 0 Å². The van der Waals surface area contributed by atoms with Crippen molar-refractivity contribution in [3.8, 4) is 0 Å². The molecule has 2 rings (SSSR count). The van der Waals surface area contributed by atoms with Crippen molar-refractivity contribution in [1.82, 2.24) is 0 Å². The highest BCUT2D eigenvalue weighted by Crippen LogP contribution is 2.24. The Labute approximate surface area is 136 Å². The molecule has 0 heterocycles. The number of halogens is 3. The highest BCUT2D eigenvalue weighted by Gasteiger charge is 2.16. The van der Waals surface area contributed by atoms with Gasteiger partial charge in [0.1, 0.15) is 5.82 Å². The Morgan fingerprint density at radius 3 is 2.33 bits per heavy atom. The van der Waals surface area contributed by atoms with Gasteiger partial charge >= 0.3 is 5.97 Å². The maximum atomic E-state index is 13.2. The molecule has 0 saturated heterocycles. The monoisotopic (exact) mass is 415 g/mol. The second-order valence-corrected chi connectivity index (χ2v) is 5.84. The average Bonchev–Trinajstić information content (AvgIpc) is 2.37. The molecule has 0 aliphatic carbocycles. The van der Waals surface area contributed by atoms with Gasteiger partial charge in [0.15, 0.2) is 0 Å². The van der Waals surface area contributed by atoms with E-state index in [1.54, 1.807) is 18.2 Å². The molecule has 0 atom stereocenters. The molecule has 108 valence electrons. The summed E-state index contributed by atoms with van der Waals surface area (Å²) in [5.74, 6) is -2.42. The molecular weight excluding hydrogens is 409 g/mol. The standard InChI is InChI=1S/C14H8Br2FNO3/c15-7-1-3-9(11(16)5-7)13(19)18-12-6-8(17)2-4-10(12)14(20)21/h1-6H,(H,18,19)(H,20,21). The van der Waals surface area contributed by atoms with Crippen molar-refractivity contribution in [2.24, 2.45) is 0 Å². The van der Waals surface area contributed by atoms with Gasteiger partial charge in [-0.3, -0.25) is 4.79 Å². The normalized spacial score (nSPS) is 10.2. The van der Waals surface area contributed by atoms with E-state index in [2.05, 4.69) is 37.2 Å². The number of hydrogen-bond acceptors (Lipinski definition) is 2. The van der Waals surface area contributed by atoms with Crippen LogP contribution in [-0.2, 0) is 0 Å². The fraction of sp³-hybridized carbons (Fsp3) is 0. The van der Waals surface area contributed by atoms with Crippen molar-refractivity contribution >= 4 is 49.4 Å². The molecule has 2 aromatic carbocycles. The molecule has 0 fully saturated rings. The molecule has 0 saturated carbocycles. The molecule has 2 aromatic rings. The number of carbonyl (C=O) groups is 2. The molecular formula is C14H8Br2FNO3. The summed E-state index contributed by atoms with van der Waals surface area (Å²) in [6.07, 6.45) is 0. The van der Waals surface area contributed by atoms with Crippen LogP contribution < -0.4 is 5.32 Å². The minimum absolute atomic E-state index is 0.0951. The molecule has 2 N–H and O–H groups in total. The van der Waals surface area contributed by atoms with Crippen molar-refractivity contribution in [3.05, 3.63) is 62.3 Å². The zero-order valence-electron chi connectivity index (χ0n) is 10.4. The van der Waals surface area contributed by atoms with Crippen LogP contribution in [-0.4, -0.2) is 17.0 Å². The second kappa shape index (κ2) is 6.36. The number of anilines is 1. The van der Waals surface area contributed by atoms with Gasteiger partial charge in [0, 0.05) is 8.95 Å². The molecule has 0 unspecified atom stereocenters. The maximum absolute atomic E-state index is 13.2. The predicted molar refractivity (Wildman–Crippen MR) is 83.2 cm³/mol. The van der Waals surface area contributed by atoms with E-state index in [-0.39, 0.29) is 11.3 Å². The largest absolute Gasteiger partial charge is 0.478 e. The Balaban J connectivity index is 2.35. The van der Waals surface area contributed by atoms with E-state index >= 15 is 0 Å². The SMILES string of the molecule is O=C(Nc1cc(F)ccc1C(=O)O)c1ccc(Br)cc1Br. The number of hydrogen-bond donors (Lipinski definition) is 2. The van der Waals surface area contributed by atoms with E-state index in [9.17, 15) is 14.0 Å². The lowest BCUT2D eigenvalue weighted by Crippen LogP contribution is -2.15. The molecule has 0 aliphatic rings. The summed E-state index contributed by atoms with van der Waals surface area (Å²) in [6, 6.07) is 8.00. The number of benzene rings is 2. The van der Waals surface area contributed by atoms with Crippen molar-refractivity contribution < 1.29 is 19.1 Å². The summed E-state index contributed by atoms with van der Waals surface area (Å²) in [4.78, 5) is 23.2. The lowest BCUT2D eigenvalue weighted by molar-refractivity contribution is 0.0698. The van der Waals surface area contributed by atoms with Crippen LogP contribution >= 0.6 is 31.9 Å². The van der Waals surface area contributed by atoms with E-state index in [4.69, 9.17) is 5.11 Å². The van der Waals surface area contributed by atoms with Crippen LogP contribution in [0.5, 0.6) is 0 Å². The smallest absolute Gasteiger partial charge is 0.337 e. The Morgan fingerprint density at radius 2 is 1.71 bits per heavy atom. The van der Waals surface area contributed by atoms with Gasteiger partial charge in [-0.2, -0.15) is 0 Å². The highest BCUT2D eigenvalue weighted by atomic mass is 79.9. The number of rotatable bonds is 3. The van der Waals surface area contributed by atoms with Gasteiger partial charge in [-0.1, -0.05) is 15.9 Å². The molecule has 4 nitrogen and oxygen atoms in total. The van der Waals surface area contributed by atoms with Gasteiger partial charge < -0.3 is 10.4 Å². The van der Waals surface area contributed by atoms with Crippen LogP contribution in [0, 0.1) is 5.82 Å². The maximum Gasteiger partial charge on any atom is 0.337 e. The Morgan fingerprint density at radius 1 is 1.05 bits per heavy atom. The number of nitrogens with one attached hydrogen (secondary N) is 1. The number of aromatic carboxylic acids is 1. The molecule has 0 aromatic heterocycles. The first-order chi connectivity index (χ1) is 9.88. The van der Waals surface area contributed by atoms with E-state index in [1.165, 1.54) is 0 Å². The summed E-state index contributed by atoms with van der Waals surface area (Å²) in [5.41, 5.74) is 0.0269. The van der Waals surface area contributed by atoms with Crippen molar-refractivity contribution in [1.29, 1.82) is 0 Å². The minimum Gasteiger partial charge on any atom is -0.478 e. The number of amides is 1. The minimum atomic E-state index is -1.25. The van der Waals surface area contributed by atoms with Gasteiger partial charge in [-0.05, 0) is 52.3 Å². The predicted octanol–water partition coefficient (Wildman–Crippen LogP) is 4.30. The Kier molecular flexibility index (Phi) is 4.74. The fourth-order valence-corrected chi connectivity index (χ4v) is 2.90. The lowest BCUT2D eigenvalue weighted by Gasteiger charge is -2.10. The third-order valence-corrected chi connectivity index (χ3v) is 3.79. The topological polar surface area (TPSA) is 66.4 Å². The summed E-state index contributed by atoms with van der Waals surface area (Å²) < 4.78 is 14.5. The third-order valence-electron chi connectivity index (χ3n) is 2.64. The van der Waals surface area contributed by atoms with Gasteiger partial charge in [0.25, 0.3) is 5.91 Å². The summed E-state index contributed by atoms with van der Waals surface area (Å²) in [5, 5.41) is 11.4. The molecule has 1 amide bonds. The Bertz CT molecular complexity index is 734. The molecule has 0 spiro atoms. The first-order valence-electron chi connectivity index (χ1n) is 5.67. The van der Waals surface area contributed by atoms with Crippen LogP contribution in [0.4, 0.5) is 10.1 Å². The molecule has 0 radical (unpaired) electrons. The number of carbonyl (C=O) groups excluding carboxylic acids is 1. The summed E-state index contributed by atoms with van der Waals surface area (Å²) in [6.45, 7) is 0. The Hall–Kier alpha value is -1.73. The van der Waals surface area contributed by atoms with Crippen LogP contribution in [0.3, 0.4) is 0 Å². The first-order valence-corrected chi connectivity index (χ1v) is 7.26. The first kappa shape index (κ1) is 15.7.